The molecule has 1 aliphatic heterocycles. The van der Waals surface area contributed by atoms with E-state index >= 15 is 0 Å². The topological polar surface area (TPSA) is 113 Å². The summed E-state index contributed by atoms with van der Waals surface area (Å²) in [6.07, 6.45) is 1.08. The lowest BCUT2D eigenvalue weighted by atomic mass is 9.92. The van der Waals surface area contributed by atoms with Crippen LogP contribution in [0.15, 0.2) is 53.4 Å². The van der Waals surface area contributed by atoms with Crippen LogP contribution in [0.5, 0.6) is 0 Å². The predicted octanol–water partition coefficient (Wildman–Crippen LogP) is 2.15. The zero-order chi connectivity index (χ0) is 21.4. The van der Waals surface area contributed by atoms with Gasteiger partial charge in [0, 0.05) is 17.0 Å². The molecule has 1 atom stereocenters. The summed E-state index contributed by atoms with van der Waals surface area (Å²) in [6, 6.07) is 11.4. The molecule has 29 heavy (non-hydrogen) atoms. The summed E-state index contributed by atoms with van der Waals surface area (Å²) in [6.45, 7) is 1.07. The first-order valence-electron chi connectivity index (χ1n) is 8.51. The highest BCUT2D eigenvalue weighted by atomic mass is 35.5. The molecule has 10 heteroatoms. The van der Waals surface area contributed by atoms with E-state index in [0.717, 1.165) is 11.2 Å². The smallest absolute Gasteiger partial charge is 0.325 e. The third-order valence-electron chi connectivity index (χ3n) is 4.56. The predicted molar refractivity (Wildman–Crippen MR) is 107 cm³/mol. The minimum Gasteiger partial charge on any atom is -0.325 e. The molecule has 2 aromatic rings. The van der Waals surface area contributed by atoms with Gasteiger partial charge in [-0.3, -0.25) is 14.5 Å². The molecule has 0 bridgehead atoms. The van der Waals surface area contributed by atoms with Crippen LogP contribution in [0.1, 0.15) is 12.5 Å². The Bertz CT molecular complexity index is 1080. The molecule has 0 aliphatic carbocycles. The van der Waals surface area contributed by atoms with E-state index < -0.39 is 39.8 Å². The van der Waals surface area contributed by atoms with Gasteiger partial charge < -0.3 is 10.6 Å². The van der Waals surface area contributed by atoms with E-state index in [1.807, 2.05) is 0 Å². The zero-order valence-corrected chi connectivity index (χ0v) is 17.2. The number of halogens is 1. The summed E-state index contributed by atoms with van der Waals surface area (Å²) in [5.41, 5.74) is -0.423. The number of imide groups is 1. The van der Waals surface area contributed by atoms with Gasteiger partial charge in [-0.15, -0.1) is 0 Å². The fraction of sp³-hybridized carbons (Fsp3) is 0.211. The van der Waals surface area contributed by atoms with Gasteiger partial charge in [-0.05, 0) is 48.9 Å². The second kappa shape index (κ2) is 7.49. The molecule has 8 nitrogen and oxygen atoms in total. The maximum Gasteiger partial charge on any atom is 0.325 e. The van der Waals surface area contributed by atoms with Crippen molar-refractivity contribution in [1.82, 2.24) is 10.2 Å². The van der Waals surface area contributed by atoms with Crippen molar-refractivity contribution in [2.45, 2.75) is 17.4 Å². The fourth-order valence-corrected chi connectivity index (χ4v) is 3.71. The molecule has 1 aliphatic rings. The van der Waals surface area contributed by atoms with Gasteiger partial charge in [0.15, 0.2) is 9.84 Å². The first-order chi connectivity index (χ1) is 13.5. The number of benzene rings is 2. The number of urea groups is 1. The summed E-state index contributed by atoms with van der Waals surface area (Å²) in [4.78, 5) is 38.4. The molecule has 1 fully saturated rings. The molecule has 4 amide bonds. The number of nitrogens with one attached hydrogen (secondary N) is 2. The van der Waals surface area contributed by atoms with Gasteiger partial charge in [-0.25, -0.2) is 13.2 Å². The van der Waals surface area contributed by atoms with Gasteiger partial charge in [0.05, 0.1) is 4.90 Å². The molecule has 2 N–H and O–H groups in total. The van der Waals surface area contributed by atoms with Crippen LogP contribution in [0.4, 0.5) is 10.5 Å². The third-order valence-corrected chi connectivity index (χ3v) is 5.94. The largest absolute Gasteiger partial charge is 0.325 e. The van der Waals surface area contributed by atoms with E-state index in [4.69, 9.17) is 11.6 Å². The first kappa shape index (κ1) is 20.8. The Morgan fingerprint density at radius 1 is 1.10 bits per heavy atom. The number of amides is 4. The first-order valence-corrected chi connectivity index (χ1v) is 10.8. The molecule has 1 heterocycles. The second-order valence-corrected chi connectivity index (χ2v) is 9.25. The third kappa shape index (κ3) is 4.25. The molecule has 152 valence electrons. The quantitative estimate of drug-likeness (QED) is 0.699. The molecular formula is C19H18ClN3O5S. The van der Waals surface area contributed by atoms with Gasteiger partial charge in [0.2, 0.25) is 5.91 Å². The van der Waals surface area contributed by atoms with Crippen LogP contribution in [0.3, 0.4) is 0 Å². The molecule has 0 radical (unpaired) electrons. The Kier molecular flexibility index (Phi) is 5.38. The monoisotopic (exact) mass is 435 g/mol. The van der Waals surface area contributed by atoms with Gasteiger partial charge in [0.25, 0.3) is 5.91 Å². The van der Waals surface area contributed by atoms with E-state index in [1.165, 1.54) is 24.3 Å². The zero-order valence-electron chi connectivity index (χ0n) is 15.6. The highest BCUT2D eigenvalue weighted by Crippen LogP contribution is 2.29. The van der Waals surface area contributed by atoms with Crippen LogP contribution in [-0.2, 0) is 25.0 Å². The van der Waals surface area contributed by atoms with E-state index in [9.17, 15) is 22.8 Å². The number of carbonyl (C=O) groups excluding carboxylic acids is 3. The average molecular weight is 436 g/mol. The lowest BCUT2D eigenvalue weighted by Gasteiger charge is -2.22. The van der Waals surface area contributed by atoms with E-state index in [0.29, 0.717) is 16.3 Å². The van der Waals surface area contributed by atoms with Crippen molar-refractivity contribution in [3.63, 3.8) is 0 Å². The summed E-state index contributed by atoms with van der Waals surface area (Å²) >= 11 is 5.87. The van der Waals surface area contributed by atoms with Crippen LogP contribution in [0.2, 0.25) is 5.02 Å². The van der Waals surface area contributed by atoms with Crippen LogP contribution in [0, 0.1) is 0 Å². The Morgan fingerprint density at radius 3 is 2.24 bits per heavy atom. The van der Waals surface area contributed by atoms with Crippen LogP contribution in [0.25, 0.3) is 0 Å². The Hall–Kier alpha value is -2.91. The minimum atomic E-state index is -3.35. The SMILES string of the molecule is C[C@@]1(c2ccc(Cl)cc2)NC(=O)N(CC(=O)Nc2ccc(S(C)(=O)=O)cc2)C1=O. The minimum absolute atomic E-state index is 0.114. The molecule has 3 rings (SSSR count). The molecule has 0 unspecified atom stereocenters. The second-order valence-electron chi connectivity index (χ2n) is 6.80. The summed E-state index contributed by atoms with van der Waals surface area (Å²) in [5.74, 6) is -1.16. The molecule has 2 aromatic carbocycles. The summed E-state index contributed by atoms with van der Waals surface area (Å²) in [7, 11) is -3.35. The van der Waals surface area contributed by atoms with Crippen molar-refractivity contribution in [2.75, 3.05) is 18.1 Å². The van der Waals surface area contributed by atoms with Gasteiger partial charge in [0.1, 0.15) is 12.1 Å². The summed E-state index contributed by atoms with van der Waals surface area (Å²) < 4.78 is 23.0. The normalized spacial score (nSPS) is 19.2. The highest BCUT2D eigenvalue weighted by molar-refractivity contribution is 7.90. The lowest BCUT2D eigenvalue weighted by molar-refractivity contribution is -0.133. The van der Waals surface area contributed by atoms with Crippen molar-refractivity contribution in [3.8, 4) is 0 Å². The highest BCUT2D eigenvalue weighted by Gasteiger charge is 2.49. The van der Waals surface area contributed by atoms with Crippen molar-refractivity contribution >= 4 is 45.0 Å². The van der Waals surface area contributed by atoms with Crippen molar-refractivity contribution < 1.29 is 22.8 Å². The standard InChI is InChI=1S/C19H18ClN3O5S/c1-19(12-3-5-13(20)6-4-12)17(25)23(18(26)22-19)11-16(24)21-14-7-9-15(10-8-14)29(2,27)28/h3-10H,11H2,1-2H3,(H,21,24)(H,22,26)/t19-/m0/s1. The lowest BCUT2D eigenvalue weighted by Crippen LogP contribution is -2.42. The van der Waals surface area contributed by atoms with Gasteiger partial charge in [-0.1, -0.05) is 23.7 Å². The van der Waals surface area contributed by atoms with Crippen molar-refractivity contribution in [1.29, 1.82) is 0 Å². The number of carbonyl (C=O) groups is 3. The molecule has 1 saturated heterocycles. The fourth-order valence-electron chi connectivity index (χ4n) is 2.95. The maximum atomic E-state index is 12.8. The average Bonchev–Trinajstić information content (AvgIpc) is 2.86. The number of anilines is 1. The summed E-state index contributed by atoms with van der Waals surface area (Å²) in [5, 5.41) is 5.64. The van der Waals surface area contributed by atoms with Crippen LogP contribution < -0.4 is 10.6 Å². The van der Waals surface area contributed by atoms with Gasteiger partial charge in [-0.2, -0.15) is 0 Å². The molecular weight excluding hydrogens is 418 g/mol. The van der Waals surface area contributed by atoms with E-state index in [1.54, 1.807) is 31.2 Å². The van der Waals surface area contributed by atoms with Crippen molar-refractivity contribution in [3.05, 3.63) is 59.1 Å². The number of hydrogen-bond acceptors (Lipinski definition) is 5. The number of hydrogen-bond donors (Lipinski definition) is 2. The van der Waals surface area contributed by atoms with E-state index in [-0.39, 0.29) is 4.90 Å². The van der Waals surface area contributed by atoms with Crippen molar-refractivity contribution in [2.24, 2.45) is 0 Å². The number of nitrogens with zero attached hydrogens (tertiary/aromatic N) is 1. The maximum absolute atomic E-state index is 12.8. The Morgan fingerprint density at radius 2 is 1.69 bits per heavy atom. The van der Waals surface area contributed by atoms with Crippen LogP contribution in [-0.4, -0.2) is 44.0 Å². The van der Waals surface area contributed by atoms with E-state index in [2.05, 4.69) is 10.6 Å². The Labute approximate surface area is 172 Å². The van der Waals surface area contributed by atoms with Gasteiger partial charge >= 0.3 is 6.03 Å². The molecule has 0 saturated carbocycles. The molecule has 0 aromatic heterocycles. The number of sulfone groups is 1. The molecule has 0 spiro atoms. The van der Waals surface area contributed by atoms with Crippen LogP contribution >= 0.6 is 11.6 Å². The Balaban J connectivity index is 1.71. The number of rotatable bonds is 5.